The van der Waals surface area contributed by atoms with Gasteiger partial charge in [-0.05, 0) is 30.7 Å². The average molecular weight is 289 g/mol. The highest BCUT2D eigenvalue weighted by Gasteiger charge is 2.07. The van der Waals surface area contributed by atoms with E-state index >= 15 is 0 Å². The van der Waals surface area contributed by atoms with E-state index in [1.165, 1.54) is 6.07 Å². The van der Waals surface area contributed by atoms with Crippen LogP contribution in [-0.4, -0.2) is 17.6 Å². The van der Waals surface area contributed by atoms with Gasteiger partial charge in [-0.15, -0.1) is 0 Å². The molecule has 0 radical (unpaired) electrons. The van der Waals surface area contributed by atoms with Crippen LogP contribution in [0.1, 0.15) is 11.3 Å². The zero-order valence-corrected chi connectivity index (χ0v) is 11.6. The van der Waals surface area contributed by atoms with Gasteiger partial charge in [-0.3, -0.25) is 5.41 Å². The van der Waals surface area contributed by atoms with E-state index in [4.69, 9.17) is 20.6 Å². The van der Waals surface area contributed by atoms with Crippen molar-refractivity contribution < 1.29 is 13.9 Å². The largest absolute Gasteiger partial charge is 0.465 e. The van der Waals surface area contributed by atoms with Gasteiger partial charge in [-0.1, -0.05) is 12.1 Å². The zero-order chi connectivity index (χ0) is 15.2. The molecule has 110 valence electrons. The summed E-state index contributed by atoms with van der Waals surface area (Å²) >= 11 is 0. The van der Waals surface area contributed by atoms with Crippen molar-refractivity contribution in [3.63, 3.8) is 0 Å². The molecule has 0 aliphatic carbocycles. The highest BCUT2D eigenvalue weighted by atomic mass is 19.1. The molecule has 0 unspecified atom stereocenters. The standard InChI is InChI=1S/C15H16FN3O2/c1-10-3-2-4-14(19-10)21-13-6-5-11(9-12(13)16)7-8-20-15(17)18/h2-6,9H,7-8H2,1H3,(H3,17,18). The Morgan fingerprint density at radius 1 is 1.33 bits per heavy atom. The highest BCUT2D eigenvalue weighted by Crippen LogP contribution is 2.24. The number of pyridine rings is 1. The summed E-state index contributed by atoms with van der Waals surface area (Å²) in [7, 11) is 0. The third-order valence-corrected chi connectivity index (χ3v) is 2.72. The Labute approximate surface area is 122 Å². The molecule has 3 N–H and O–H groups in total. The van der Waals surface area contributed by atoms with E-state index in [1.54, 1.807) is 24.3 Å². The molecule has 6 heteroatoms. The van der Waals surface area contributed by atoms with Gasteiger partial charge in [0, 0.05) is 18.2 Å². The van der Waals surface area contributed by atoms with Gasteiger partial charge in [-0.2, -0.15) is 0 Å². The number of hydrogen-bond donors (Lipinski definition) is 2. The second kappa shape index (κ2) is 6.69. The summed E-state index contributed by atoms with van der Waals surface area (Å²) < 4.78 is 24.2. The first kappa shape index (κ1) is 14.8. The van der Waals surface area contributed by atoms with E-state index in [9.17, 15) is 4.39 Å². The van der Waals surface area contributed by atoms with E-state index in [0.717, 1.165) is 11.3 Å². The van der Waals surface area contributed by atoms with Crippen molar-refractivity contribution in [2.24, 2.45) is 5.73 Å². The maximum atomic E-state index is 14.0. The minimum Gasteiger partial charge on any atom is -0.465 e. The molecule has 0 bridgehead atoms. The number of benzene rings is 1. The topological polar surface area (TPSA) is 81.2 Å². The number of nitrogens with one attached hydrogen (secondary N) is 1. The molecule has 0 aliphatic heterocycles. The van der Waals surface area contributed by atoms with E-state index in [2.05, 4.69) is 4.98 Å². The van der Waals surface area contributed by atoms with Crippen LogP contribution in [0.2, 0.25) is 0 Å². The van der Waals surface area contributed by atoms with Gasteiger partial charge >= 0.3 is 0 Å². The Balaban J connectivity index is 2.03. The second-order valence-corrected chi connectivity index (χ2v) is 4.45. The molecule has 1 aromatic carbocycles. The number of nitrogens with zero attached hydrogens (tertiary/aromatic N) is 1. The lowest BCUT2D eigenvalue weighted by atomic mass is 10.1. The van der Waals surface area contributed by atoms with E-state index < -0.39 is 5.82 Å². The first-order valence-corrected chi connectivity index (χ1v) is 6.41. The van der Waals surface area contributed by atoms with Gasteiger partial charge in [0.2, 0.25) is 5.88 Å². The maximum absolute atomic E-state index is 14.0. The lowest BCUT2D eigenvalue weighted by Crippen LogP contribution is -2.15. The first-order valence-electron chi connectivity index (χ1n) is 6.41. The monoisotopic (exact) mass is 289 g/mol. The number of hydrogen-bond acceptors (Lipinski definition) is 4. The van der Waals surface area contributed by atoms with Crippen LogP contribution >= 0.6 is 0 Å². The quantitative estimate of drug-likeness (QED) is 0.655. The molecule has 21 heavy (non-hydrogen) atoms. The minimum atomic E-state index is -0.473. The van der Waals surface area contributed by atoms with Crippen molar-refractivity contribution in [2.75, 3.05) is 6.61 Å². The minimum absolute atomic E-state index is 0.115. The Bertz CT molecular complexity index is 647. The van der Waals surface area contributed by atoms with Gasteiger partial charge in [0.25, 0.3) is 6.02 Å². The summed E-state index contributed by atoms with van der Waals surface area (Å²) in [6.07, 6.45) is 0.458. The molecule has 0 saturated carbocycles. The van der Waals surface area contributed by atoms with Crippen LogP contribution in [0.5, 0.6) is 11.6 Å². The molecule has 1 heterocycles. The predicted octanol–water partition coefficient (Wildman–Crippen LogP) is 2.77. The SMILES string of the molecule is Cc1cccc(Oc2ccc(CCOC(=N)N)cc2F)n1. The third kappa shape index (κ3) is 4.45. The molecule has 0 spiro atoms. The van der Waals surface area contributed by atoms with E-state index in [0.29, 0.717) is 12.3 Å². The van der Waals surface area contributed by atoms with Crippen LogP contribution in [0, 0.1) is 18.2 Å². The summed E-state index contributed by atoms with van der Waals surface area (Å²) in [4.78, 5) is 4.15. The normalized spacial score (nSPS) is 10.2. The van der Waals surface area contributed by atoms with Gasteiger partial charge < -0.3 is 15.2 Å². The molecule has 5 nitrogen and oxygen atoms in total. The fourth-order valence-electron chi connectivity index (χ4n) is 1.75. The lowest BCUT2D eigenvalue weighted by molar-refractivity contribution is 0.301. The number of nitrogens with two attached hydrogens (primary N) is 1. The summed E-state index contributed by atoms with van der Waals surface area (Å²) in [5.74, 6) is -0.00969. The number of amidine groups is 1. The molecule has 0 saturated heterocycles. The zero-order valence-electron chi connectivity index (χ0n) is 11.6. The van der Waals surface area contributed by atoms with Crippen LogP contribution in [0.4, 0.5) is 4.39 Å². The van der Waals surface area contributed by atoms with Crippen LogP contribution in [0.3, 0.4) is 0 Å². The molecule has 0 fully saturated rings. The fourth-order valence-corrected chi connectivity index (χ4v) is 1.75. The number of rotatable bonds is 5. The third-order valence-electron chi connectivity index (χ3n) is 2.72. The van der Waals surface area contributed by atoms with Gasteiger partial charge in [0.15, 0.2) is 11.6 Å². The van der Waals surface area contributed by atoms with Gasteiger partial charge in [-0.25, -0.2) is 9.37 Å². The van der Waals surface area contributed by atoms with Crippen molar-refractivity contribution in [3.8, 4) is 11.6 Å². The van der Waals surface area contributed by atoms with Crippen molar-refractivity contribution >= 4 is 6.02 Å². The van der Waals surface area contributed by atoms with Crippen LogP contribution in [0.15, 0.2) is 36.4 Å². The van der Waals surface area contributed by atoms with Crippen molar-refractivity contribution in [2.45, 2.75) is 13.3 Å². The predicted molar refractivity (Wildman–Crippen MR) is 77.0 cm³/mol. The summed E-state index contributed by atoms with van der Waals surface area (Å²) in [5.41, 5.74) is 6.60. The summed E-state index contributed by atoms with van der Waals surface area (Å²) in [6.45, 7) is 2.07. The van der Waals surface area contributed by atoms with Crippen LogP contribution in [0.25, 0.3) is 0 Å². The Morgan fingerprint density at radius 2 is 2.14 bits per heavy atom. The van der Waals surface area contributed by atoms with Gasteiger partial charge in [0.05, 0.1) is 6.61 Å². The van der Waals surface area contributed by atoms with Gasteiger partial charge in [0.1, 0.15) is 0 Å². The Morgan fingerprint density at radius 3 is 2.81 bits per heavy atom. The number of aryl methyl sites for hydroxylation is 1. The molecule has 1 aromatic heterocycles. The van der Waals surface area contributed by atoms with Crippen LogP contribution < -0.4 is 10.5 Å². The summed E-state index contributed by atoms with van der Waals surface area (Å²) in [6, 6.07) is 9.60. The maximum Gasteiger partial charge on any atom is 0.279 e. The smallest absolute Gasteiger partial charge is 0.279 e. The van der Waals surface area contributed by atoms with Crippen molar-refractivity contribution in [3.05, 3.63) is 53.5 Å². The number of aromatic nitrogens is 1. The Kier molecular flexibility index (Phi) is 4.71. The average Bonchev–Trinajstić information content (AvgIpc) is 2.41. The Hall–Kier alpha value is -2.63. The molecule has 2 aromatic rings. The lowest BCUT2D eigenvalue weighted by Gasteiger charge is -2.08. The van der Waals surface area contributed by atoms with E-state index in [-0.39, 0.29) is 18.4 Å². The molecule has 2 rings (SSSR count). The van der Waals surface area contributed by atoms with E-state index in [1.807, 2.05) is 13.0 Å². The fraction of sp³-hybridized carbons (Fsp3) is 0.200. The molecule has 0 atom stereocenters. The molecule has 0 aliphatic rings. The number of halogens is 1. The molecular formula is C15H16FN3O2. The van der Waals surface area contributed by atoms with Crippen LogP contribution in [-0.2, 0) is 11.2 Å². The highest BCUT2D eigenvalue weighted by molar-refractivity contribution is 5.67. The molecule has 0 amide bonds. The van der Waals surface area contributed by atoms with Crippen molar-refractivity contribution in [1.82, 2.24) is 4.98 Å². The number of ether oxygens (including phenoxy) is 2. The second-order valence-electron chi connectivity index (χ2n) is 4.45. The van der Waals surface area contributed by atoms with Crippen molar-refractivity contribution in [1.29, 1.82) is 5.41 Å². The first-order chi connectivity index (χ1) is 10.0. The molecular weight excluding hydrogens is 273 g/mol. The summed E-state index contributed by atoms with van der Waals surface area (Å²) in [5, 5.41) is 6.93.